The molecule has 1 N–H and O–H groups in total. The molecule has 0 bridgehead atoms. The van der Waals surface area contributed by atoms with Crippen molar-refractivity contribution in [2.24, 2.45) is 0 Å². The third-order valence-corrected chi connectivity index (χ3v) is 5.99. The molecule has 0 aliphatic heterocycles. The van der Waals surface area contributed by atoms with Gasteiger partial charge in [-0.25, -0.2) is 0 Å². The summed E-state index contributed by atoms with van der Waals surface area (Å²) in [4.78, 5) is 12.6. The van der Waals surface area contributed by atoms with Crippen molar-refractivity contribution in [1.82, 2.24) is 14.8 Å². The van der Waals surface area contributed by atoms with Crippen molar-refractivity contribution in [3.63, 3.8) is 0 Å². The predicted octanol–water partition coefficient (Wildman–Crippen LogP) is 5.41. The molecule has 0 aliphatic carbocycles. The summed E-state index contributed by atoms with van der Waals surface area (Å²) in [7, 11) is 1.67. The van der Waals surface area contributed by atoms with Gasteiger partial charge in [-0.05, 0) is 49.7 Å². The Hall–Kier alpha value is -2.06. The number of aromatic nitrogens is 3. The molecular formula is C21H22Cl2N4O2S. The Labute approximate surface area is 189 Å². The van der Waals surface area contributed by atoms with Crippen LogP contribution >= 0.6 is 35.0 Å². The molecule has 0 fully saturated rings. The lowest BCUT2D eigenvalue weighted by Gasteiger charge is -2.14. The number of thioether (sulfide) groups is 1. The van der Waals surface area contributed by atoms with E-state index in [1.807, 2.05) is 35.8 Å². The Morgan fingerprint density at radius 3 is 2.60 bits per heavy atom. The number of benzene rings is 2. The van der Waals surface area contributed by atoms with Crippen LogP contribution < -0.4 is 5.32 Å². The summed E-state index contributed by atoms with van der Waals surface area (Å²) < 4.78 is 7.17. The first-order chi connectivity index (χ1) is 14.5. The van der Waals surface area contributed by atoms with Crippen molar-refractivity contribution in [2.45, 2.75) is 30.3 Å². The molecule has 9 heteroatoms. The first-order valence-corrected chi connectivity index (χ1v) is 11.0. The number of nitrogens with zero attached hydrogens (tertiary/aromatic N) is 3. The normalized spacial score (nSPS) is 12.0. The highest BCUT2D eigenvalue weighted by atomic mass is 35.5. The van der Waals surface area contributed by atoms with Gasteiger partial charge in [-0.3, -0.25) is 4.79 Å². The lowest BCUT2D eigenvalue weighted by Crippen LogP contribution is -2.23. The molecule has 158 valence electrons. The predicted molar refractivity (Wildman–Crippen MR) is 122 cm³/mol. The van der Waals surface area contributed by atoms with Crippen LogP contribution in [-0.2, 0) is 16.1 Å². The number of amides is 1. The zero-order valence-corrected chi connectivity index (χ0v) is 19.0. The minimum Gasteiger partial charge on any atom is -0.385 e. The summed E-state index contributed by atoms with van der Waals surface area (Å²) in [5.41, 5.74) is 1.49. The number of carbonyl (C=O) groups excluding carboxylic acids is 1. The van der Waals surface area contributed by atoms with Crippen LogP contribution in [0.3, 0.4) is 0 Å². The first-order valence-electron chi connectivity index (χ1n) is 9.39. The van der Waals surface area contributed by atoms with Crippen LogP contribution in [0.25, 0.3) is 11.4 Å². The fourth-order valence-electron chi connectivity index (χ4n) is 2.77. The topological polar surface area (TPSA) is 69.0 Å². The highest BCUT2D eigenvalue weighted by Crippen LogP contribution is 2.31. The van der Waals surface area contributed by atoms with E-state index >= 15 is 0 Å². The average molecular weight is 465 g/mol. The highest BCUT2D eigenvalue weighted by Gasteiger charge is 2.21. The number of hydrogen-bond donors (Lipinski definition) is 1. The lowest BCUT2D eigenvalue weighted by molar-refractivity contribution is -0.115. The molecule has 0 radical (unpaired) electrons. The standard InChI is InChI=1S/C21H22Cl2N4O2S/c1-14(20(28)24-16-10-8-15(22)9-11-16)30-21-26-25-19(27(21)12-5-13-29-2)17-6-3-4-7-18(17)23/h3-4,6-11,14H,5,12-13H2,1-2H3,(H,24,28). The van der Waals surface area contributed by atoms with Gasteiger partial charge in [0.2, 0.25) is 5.91 Å². The number of anilines is 1. The number of halogens is 2. The second-order valence-corrected chi connectivity index (χ2v) is 8.69. The number of rotatable bonds is 9. The molecule has 0 saturated heterocycles. The molecule has 2 aromatic carbocycles. The van der Waals surface area contributed by atoms with Crippen LogP contribution in [0.1, 0.15) is 13.3 Å². The summed E-state index contributed by atoms with van der Waals surface area (Å²) in [5, 5.41) is 13.1. The van der Waals surface area contributed by atoms with E-state index in [4.69, 9.17) is 27.9 Å². The van der Waals surface area contributed by atoms with Gasteiger partial charge in [0.05, 0.1) is 10.3 Å². The SMILES string of the molecule is COCCCn1c(SC(C)C(=O)Nc2ccc(Cl)cc2)nnc1-c1ccccc1Cl. The monoisotopic (exact) mass is 464 g/mol. The third-order valence-electron chi connectivity index (χ3n) is 4.32. The molecule has 30 heavy (non-hydrogen) atoms. The second kappa shape index (κ2) is 10.8. The molecule has 3 rings (SSSR count). The van der Waals surface area contributed by atoms with E-state index in [9.17, 15) is 4.79 Å². The summed E-state index contributed by atoms with van der Waals surface area (Å²) in [6.07, 6.45) is 0.783. The Balaban J connectivity index is 1.79. The van der Waals surface area contributed by atoms with Crippen LogP contribution in [0, 0.1) is 0 Å². The van der Waals surface area contributed by atoms with Gasteiger partial charge >= 0.3 is 0 Å². The second-order valence-electron chi connectivity index (χ2n) is 6.54. The Bertz CT molecular complexity index is 995. The first kappa shape index (κ1) is 22.6. The Morgan fingerprint density at radius 1 is 1.17 bits per heavy atom. The van der Waals surface area contributed by atoms with Gasteiger partial charge in [0, 0.05) is 36.5 Å². The van der Waals surface area contributed by atoms with E-state index in [0.717, 1.165) is 12.0 Å². The molecule has 0 aliphatic rings. The maximum absolute atomic E-state index is 12.6. The fraction of sp³-hybridized carbons (Fsp3) is 0.286. The van der Waals surface area contributed by atoms with Crippen LogP contribution in [0.4, 0.5) is 5.69 Å². The average Bonchev–Trinajstić information content (AvgIpc) is 3.12. The molecule has 1 aromatic heterocycles. The Kier molecular flexibility index (Phi) is 8.16. The van der Waals surface area contributed by atoms with E-state index in [-0.39, 0.29) is 11.2 Å². The van der Waals surface area contributed by atoms with Crippen molar-refractivity contribution in [3.8, 4) is 11.4 Å². The van der Waals surface area contributed by atoms with Crippen molar-refractivity contribution < 1.29 is 9.53 Å². The zero-order valence-electron chi connectivity index (χ0n) is 16.6. The molecule has 3 aromatic rings. The molecule has 1 amide bonds. The number of hydrogen-bond acceptors (Lipinski definition) is 5. The largest absolute Gasteiger partial charge is 0.385 e. The minimum atomic E-state index is -0.384. The van der Waals surface area contributed by atoms with E-state index in [2.05, 4.69) is 15.5 Å². The maximum atomic E-state index is 12.6. The van der Waals surface area contributed by atoms with Crippen molar-refractivity contribution >= 4 is 46.6 Å². The van der Waals surface area contributed by atoms with Gasteiger partial charge in [-0.2, -0.15) is 0 Å². The van der Waals surface area contributed by atoms with Crippen molar-refractivity contribution in [1.29, 1.82) is 0 Å². The Morgan fingerprint density at radius 2 is 1.90 bits per heavy atom. The van der Waals surface area contributed by atoms with E-state index in [1.54, 1.807) is 31.4 Å². The van der Waals surface area contributed by atoms with Gasteiger partial charge in [0.25, 0.3) is 0 Å². The third kappa shape index (κ3) is 5.76. The number of nitrogens with one attached hydrogen (secondary N) is 1. The van der Waals surface area contributed by atoms with E-state index < -0.39 is 0 Å². The summed E-state index contributed by atoms with van der Waals surface area (Å²) >= 11 is 13.6. The number of methoxy groups -OCH3 is 1. The molecule has 1 unspecified atom stereocenters. The van der Waals surface area contributed by atoms with Crippen molar-refractivity contribution in [2.75, 3.05) is 19.0 Å². The van der Waals surface area contributed by atoms with Gasteiger partial charge in [0.1, 0.15) is 0 Å². The smallest absolute Gasteiger partial charge is 0.237 e. The number of ether oxygens (including phenoxy) is 1. The van der Waals surface area contributed by atoms with E-state index in [0.29, 0.717) is 39.9 Å². The lowest BCUT2D eigenvalue weighted by atomic mass is 10.2. The van der Waals surface area contributed by atoms with Gasteiger partial charge in [0.15, 0.2) is 11.0 Å². The van der Waals surface area contributed by atoms with Crippen LogP contribution in [0.2, 0.25) is 10.0 Å². The van der Waals surface area contributed by atoms with Crippen LogP contribution in [-0.4, -0.2) is 39.6 Å². The quantitative estimate of drug-likeness (QED) is 0.338. The molecule has 0 spiro atoms. The van der Waals surface area contributed by atoms with Crippen LogP contribution in [0.5, 0.6) is 0 Å². The van der Waals surface area contributed by atoms with Gasteiger partial charge < -0.3 is 14.6 Å². The van der Waals surface area contributed by atoms with Crippen molar-refractivity contribution in [3.05, 3.63) is 58.6 Å². The minimum absolute atomic E-state index is 0.131. The number of carbonyl (C=O) groups is 1. The summed E-state index contributed by atoms with van der Waals surface area (Å²) in [6, 6.07) is 14.5. The van der Waals surface area contributed by atoms with Gasteiger partial charge in [-0.15, -0.1) is 10.2 Å². The fourth-order valence-corrected chi connectivity index (χ4v) is 4.00. The molecular weight excluding hydrogens is 443 g/mol. The van der Waals surface area contributed by atoms with Crippen LogP contribution in [0.15, 0.2) is 53.7 Å². The zero-order chi connectivity index (χ0) is 21.5. The summed E-state index contributed by atoms with van der Waals surface area (Å²) in [5.74, 6) is 0.539. The molecule has 6 nitrogen and oxygen atoms in total. The van der Waals surface area contributed by atoms with Gasteiger partial charge in [-0.1, -0.05) is 47.1 Å². The molecule has 1 atom stereocenters. The maximum Gasteiger partial charge on any atom is 0.237 e. The highest BCUT2D eigenvalue weighted by molar-refractivity contribution is 8.00. The summed E-state index contributed by atoms with van der Waals surface area (Å²) in [6.45, 7) is 3.09. The van der Waals surface area contributed by atoms with E-state index in [1.165, 1.54) is 11.8 Å². The molecule has 0 saturated carbocycles. The molecule has 1 heterocycles.